The molecule has 3 aromatic rings. The molecule has 1 aliphatic rings. The molecule has 4 nitrogen and oxygen atoms in total. The molecule has 0 bridgehead atoms. The lowest BCUT2D eigenvalue weighted by Crippen LogP contribution is -2.18. The van der Waals surface area contributed by atoms with Crippen LogP contribution in [0.4, 0.5) is 0 Å². The lowest BCUT2D eigenvalue weighted by molar-refractivity contribution is -0.143. The van der Waals surface area contributed by atoms with E-state index in [1.165, 1.54) is 32.1 Å². The minimum absolute atomic E-state index is 0.149. The summed E-state index contributed by atoms with van der Waals surface area (Å²) in [4.78, 5) is 28.2. The molecule has 0 atom stereocenters. The van der Waals surface area contributed by atoms with Gasteiger partial charge >= 0.3 is 5.97 Å². The summed E-state index contributed by atoms with van der Waals surface area (Å²) in [5, 5.41) is 1.92. The van der Waals surface area contributed by atoms with Crippen LogP contribution in [0.25, 0.3) is 22.0 Å². The number of carbonyl (C=O) groups is 1. The molecule has 1 heterocycles. The van der Waals surface area contributed by atoms with E-state index in [9.17, 15) is 9.59 Å². The quantitative estimate of drug-likeness (QED) is 0.379. The number of aromatic nitrogens is 1. The molecule has 4 rings (SSSR count). The molecule has 1 N–H and O–H groups in total. The van der Waals surface area contributed by atoms with Crippen molar-refractivity contribution in [2.45, 2.75) is 51.4 Å². The van der Waals surface area contributed by atoms with Gasteiger partial charge in [0.15, 0.2) is 0 Å². The largest absolute Gasteiger partial charge is 0.465 e. The summed E-state index contributed by atoms with van der Waals surface area (Å²) >= 11 is 12.8. The molecular weight excluding hydrogens is 445 g/mol. The Morgan fingerprint density at radius 3 is 2.62 bits per heavy atom. The van der Waals surface area contributed by atoms with Gasteiger partial charge in [-0.1, -0.05) is 73.5 Å². The van der Waals surface area contributed by atoms with Crippen LogP contribution >= 0.6 is 23.2 Å². The molecule has 1 aromatic heterocycles. The van der Waals surface area contributed by atoms with Crippen molar-refractivity contribution in [1.29, 1.82) is 0 Å². The van der Waals surface area contributed by atoms with E-state index in [1.54, 1.807) is 18.2 Å². The Morgan fingerprint density at radius 1 is 1.06 bits per heavy atom. The van der Waals surface area contributed by atoms with Gasteiger partial charge < -0.3 is 9.72 Å². The molecule has 0 amide bonds. The molecule has 6 heteroatoms. The molecule has 0 aliphatic heterocycles. The van der Waals surface area contributed by atoms with Crippen LogP contribution in [0.15, 0.2) is 47.3 Å². The third kappa shape index (κ3) is 5.36. The number of pyridine rings is 1. The fraction of sp³-hybridized carbons (Fsp3) is 0.385. The van der Waals surface area contributed by atoms with E-state index in [0.29, 0.717) is 39.9 Å². The molecular formula is C26H27Cl2NO3. The van der Waals surface area contributed by atoms with Crippen molar-refractivity contribution in [3.8, 4) is 11.1 Å². The second-order valence-electron chi connectivity index (χ2n) is 8.49. The van der Waals surface area contributed by atoms with Gasteiger partial charge in [0.25, 0.3) is 5.56 Å². The molecule has 0 radical (unpaired) electrons. The zero-order valence-corrected chi connectivity index (χ0v) is 19.5. The predicted octanol–water partition coefficient (Wildman–Crippen LogP) is 6.95. The van der Waals surface area contributed by atoms with E-state index in [-0.39, 0.29) is 18.1 Å². The van der Waals surface area contributed by atoms with Gasteiger partial charge in [-0.25, -0.2) is 0 Å². The predicted molar refractivity (Wildman–Crippen MR) is 130 cm³/mol. The molecule has 168 valence electrons. The summed E-state index contributed by atoms with van der Waals surface area (Å²) in [7, 11) is 0. The Bertz CT molecular complexity index is 1170. The van der Waals surface area contributed by atoms with Crippen LogP contribution in [0.3, 0.4) is 0 Å². The normalized spacial score (nSPS) is 14.6. The molecule has 0 saturated heterocycles. The van der Waals surface area contributed by atoms with Gasteiger partial charge in [-0.15, -0.1) is 0 Å². The second-order valence-corrected chi connectivity index (χ2v) is 9.33. The number of esters is 1. The number of benzene rings is 2. The smallest absolute Gasteiger partial charge is 0.305 e. The van der Waals surface area contributed by atoms with Gasteiger partial charge in [-0.05, 0) is 36.6 Å². The highest BCUT2D eigenvalue weighted by molar-refractivity contribution is 6.34. The third-order valence-corrected chi connectivity index (χ3v) is 6.88. The zero-order valence-electron chi connectivity index (χ0n) is 18.0. The van der Waals surface area contributed by atoms with Crippen molar-refractivity contribution in [1.82, 2.24) is 4.98 Å². The van der Waals surface area contributed by atoms with E-state index in [1.807, 2.05) is 24.3 Å². The lowest BCUT2D eigenvalue weighted by atomic mass is 9.86. The van der Waals surface area contributed by atoms with Crippen molar-refractivity contribution in [2.75, 3.05) is 6.61 Å². The fourth-order valence-electron chi connectivity index (χ4n) is 4.65. The van der Waals surface area contributed by atoms with Crippen LogP contribution < -0.4 is 5.56 Å². The Morgan fingerprint density at radius 2 is 1.84 bits per heavy atom. The van der Waals surface area contributed by atoms with Gasteiger partial charge in [0.05, 0.1) is 6.61 Å². The first-order valence-electron chi connectivity index (χ1n) is 11.3. The fourth-order valence-corrected chi connectivity index (χ4v) is 5.06. The molecule has 1 fully saturated rings. The minimum Gasteiger partial charge on any atom is -0.465 e. The average Bonchev–Trinajstić information content (AvgIpc) is 2.80. The maximum atomic E-state index is 13.0. The molecule has 2 aromatic carbocycles. The van der Waals surface area contributed by atoms with Crippen LogP contribution in [0.2, 0.25) is 10.0 Å². The van der Waals surface area contributed by atoms with Crippen molar-refractivity contribution in [2.24, 2.45) is 5.92 Å². The van der Waals surface area contributed by atoms with E-state index in [4.69, 9.17) is 27.9 Å². The summed E-state index contributed by atoms with van der Waals surface area (Å²) in [5.74, 6) is 0.436. The van der Waals surface area contributed by atoms with Gasteiger partial charge in [-0.2, -0.15) is 0 Å². The van der Waals surface area contributed by atoms with Crippen molar-refractivity contribution < 1.29 is 9.53 Å². The number of aromatic amines is 1. The Balaban J connectivity index is 1.55. The number of hydrogen-bond donors (Lipinski definition) is 1. The van der Waals surface area contributed by atoms with E-state index in [0.717, 1.165) is 22.9 Å². The summed E-state index contributed by atoms with van der Waals surface area (Å²) in [5.41, 5.74) is 2.49. The topological polar surface area (TPSA) is 59.2 Å². The first-order chi connectivity index (χ1) is 15.5. The summed E-state index contributed by atoms with van der Waals surface area (Å²) < 4.78 is 5.50. The van der Waals surface area contributed by atoms with E-state index >= 15 is 0 Å². The number of H-pyrrole nitrogens is 1. The van der Waals surface area contributed by atoms with E-state index in [2.05, 4.69) is 4.98 Å². The van der Waals surface area contributed by atoms with Gasteiger partial charge in [0.1, 0.15) is 0 Å². The summed E-state index contributed by atoms with van der Waals surface area (Å²) in [6.45, 7) is 0.149. The van der Waals surface area contributed by atoms with Crippen molar-refractivity contribution in [3.05, 3.63) is 68.4 Å². The summed E-state index contributed by atoms with van der Waals surface area (Å²) in [6.07, 6.45) is 7.88. The number of hydrogen-bond acceptors (Lipinski definition) is 3. The molecule has 0 spiro atoms. The maximum Gasteiger partial charge on any atom is 0.305 e. The van der Waals surface area contributed by atoms with Gasteiger partial charge in [0.2, 0.25) is 0 Å². The molecule has 32 heavy (non-hydrogen) atoms. The van der Waals surface area contributed by atoms with Crippen LogP contribution in [0.5, 0.6) is 0 Å². The number of fused-ring (bicyclic) bond motifs is 1. The van der Waals surface area contributed by atoms with Crippen LogP contribution in [0, 0.1) is 5.92 Å². The number of rotatable bonds is 7. The highest BCUT2D eigenvalue weighted by atomic mass is 35.5. The molecule has 0 unspecified atom stereocenters. The Labute approximate surface area is 197 Å². The zero-order chi connectivity index (χ0) is 22.5. The molecule has 1 saturated carbocycles. The van der Waals surface area contributed by atoms with Gasteiger partial charge in [-0.3, -0.25) is 9.59 Å². The van der Waals surface area contributed by atoms with Crippen LogP contribution in [-0.4, -0.2) is 17.6 Å². The van der Waals surface area contributed by atoms with Crippen LogP contribution in [-0.2, 0) is 16.0 Å². The number of nitrogens with one attached hydrogen (secondary N) is 1. The standard InChI is InChI=1S/C26H27Cl2NO3/c27-18-11-12-23-21(16-18)25(19-8-4-5-9-22(19)28)20(26(31)29-23)14-15-32-24(30)13-10-17-6-2-1-3-7-17/h4-5,8-9,11-12,16-17H,1-3,6-7,10,13-15H2,(H,29,31). The SMILES string of the molecule is O=C(CCC1CCCCC1)OCCc1c(-c2ccccc2Cl)c2cc(Cl)ccc2[nH]c1=O. The van der Waals surface area contributed by atoms with Crippen LogP contribution in [0.1, 0.15) is 50.5 Å². The monoisotopic (exact) mass is 471 g/mol. The first kappa shape index (κ1) is 22.9. The second kappa shape index (κ2) is 10.5. The lowest BCUT2D eigenvalue weighted by Gasteiger charge is -2.20. The third-order valence-electron chi connectivity index (χ3n) is 6.31. The highest BCUT2D eigenvalue weighted by Crippen LogP contribution is 2.35. The Hall–Kier alpha value is -2.30. The Kier molecular flexibility index (Phi) is 7.54. The average molecular weight is 472 g/mol. The number of halogens is 2. The maximum absolute atomic E-state index is 13.0. The first-order valence-corrected chi connectivity index (χ1v) is 12.0. The highest BCUT2D eigenvalue weighted by Gasteiger charge is 2.18. The van der Waals surface area contributed by atoms with E-state index < -0.39 is 0 Å². The minimum atomic E-state index is -0.215. The van der Waals surface area contributed by atoms with Crippen molar-refractivity contribution in [3.63, 3.8) is 0 Å². The number of carbonyl (C=O) groups excluding carboxylic acids is 1. The summed E-state index contributed by atoms with van der Waals surface area (Å²) in [6, 6.07) is 12.8. The molecule has 1 aliphatic carbocycles. The van der Waals surface area contributed by atoms with Crippen molar-refractivity contribution >= 4 is 40.1 Å². The van der Waals surface area contributed by atoms with Gasteiger partial charge in [0, 0.05) is 50.5 Å². The number of ether oxygens (including phenoxy) is 1.